The second kappa shape index (κ2) is 7.58. The van der Waals surface area contributed by atoms with Gasteiger partial charge < -0.3 is 10.2 Å². The molecule has 108 valence electrons. The van der Waals surface area contributed by atoms with Gasteiger partial charge in [0.1, 0.15) is 0 Å². The van der Waals surface area contributed by atoms with Gasteiger partial charge in [-0.15, -0.1) is 0 Å². The molecule has 0 rings (SSSR count). The number of nitrogens with zero attached hydrogens (tertiary/aromatic N) is 1. The molecule has 2 N–H and O–H groups in total. The van der Waals surface area contributed by atoms with E-state index >= 15 is 0 Å². The number of carboxylic acid groups (broad SMARTS) is 1. The van der Waals surface area contributed by atoms with E-state index in [0.717, 1.165) is 0 Å². The minimum atomic E-state index is -4.77. The first kappa shape index (κ1) is 17.2. The zero-order chi connectivity index (χ0) is 14.3. The van der Waals surface area contributed by atoms with Gasteiger partial charge in [-0.3, -0.25) is 9.69 Å². The van der Waals surface area contributed by atoms with Gasteiger partial charge in [0.05, 0.1) is 6.61 Å². The van der Waals surface area contributed by atoms with E-state index < -0.39 is 24.6 Å². The molecule has 0 fully saturated rings. The summed E-state index contributed by atoms with van der Waals surface area (Å²) in [5.74, 6) is -4.29. The maximum absolute atomic E-state index is 12.6. The average molecular weight is 271 g/mol. The standard InChI is InChI=1S/C11H20F3NO3/c1-3-8(4-2)15(5-6-16)7-9(10(17)18)11(12,13)14/h8-9,16H,3-7H2,1-2H3,(H,17,18). The molecule has 0 saturated heterocycles. The van der Waals surface area contributed by atoms with E-state index in [0.29, 0.717) is 12.8 Å². The average Bonchev–Trinajstić information content (AvgIpc) is 2.24. The summed E-state index contributed by atoms with van der Waals surface area (Å²) in [6, 6.07) is -0.152. The third-order valence-corrected chi connectivity index (χ3v) is 2.96. The first-order valence-corrected chi connectivity index (χ1v) is 5.92. The Bertz CT molecular complexity index is 254. The zero-order valence-electron chi connectivity index (χ0n) is 10.6. The summed E-state index contributed by atoms with van der Waals surface area (Å²) in [4.78, 5) is 12.1. The van der Waals surface area contributed by atoms with Crippen LogP contribution in [0.3, 0.4) is 0 Å². The number of carbonyl (C=O) groups is 1. The fourth-order valence-electron chi connectivity index (χ4n) is 1.91. The van der Waals surface area contributed by atoms with Crippen molar-refractivity contribution in [1.82, 2.24) is 4.90 Å². The Morgan fingerprint density at radius 3 is 2.06 bits per heavy atom. The van der Waals surface area contributed by atoms with E-state index in [1.807, 2.05) is 13.8 Å². The fourth-order valence-corrected chi connectivity index (χ4v) is 1.91. The Morgan fingerprint density at radius 1 is 1.28 bits per heavy atom. The highest BCUT2D eigenvalue weighted by molar-refractivity contribution is 5.71. The highest BCUT2D eigenvalue weighted by atomic mass is 19.4. The van der Waals surface area contributed by atoms with Crippen molar-refractivity contribution in [2.75, 3.05) is 19.7 Å². The second-order valence-electron chi connectivity index (χ2n) is 4.12. The number of aliphatic hydroxyl groups excluding tert-OH is 1. The number of hydrogen-bond acceptors (Lipinski definition) is 3. The van der Waals surface area contributed by atoms with Crippen LogP contribution in [0.2, 0.25) is 0 Å². The first-order chi connectivity index (χ1) is 8.27. The number of hydrogen-bond donors (Lipinski definition) is 2. The Morgan fingerprint density at radius 2 is 1.78 bits per heavy atom. The molecule has 0 amide bonds. The smallest absolute Gasteiger partial charge is 0.403 e. The van der Waals surface area contributed by atoms with Crippen molar-refractivity contribution in [3.05, 3.63) is 0 Å². The van der Waals surface area contributed by atoms with Crippen LogP contribution in [0.1, 0.15) is 26.7 Å². The van der Waals surface area contributed by atoms with Gasteiger partial charge in [-0.05, 0) is 12.8 Å². The molecule has 0 aromatic carbocycles. The lowest BCUT2D eigenvalue weighted by Gasteiger charge is -2.32. The highest BCUT2D eigenvalue weighted by Crippen LogP contribution is 2.28. The molecule has 0 aromatic heterocycles. The van der Waals surface area contributed by atoms with Crippen molar-refractivity contribution in [3.63, 3.8) is 0 Å². The third kappa shape index (κ3) is 5.22. The van der Waals surface area contributed by atoms with E-state index in [1.165, 1.54) is 4.90 Å². The summed E-state index contributed by atoms with van der Waals surface area (Å²) in [5, 5.41) is 17.5. The normalized spacial score (nSPS) is 14.2. The molecule has 18 heavy (non-hydrogen) atoms. The van der Waals surface area contributed by atoms with Gasteiger partial charge in [0.15, 0.2) is 5.92 Å². The maximum atomic E-state index is 12.6. The molecule has 0 heterocycles. The molecule has 1 atom stereocenters. The van der Waals surface area contributed by atoms with Crippen molar-refractivity contribution < 1.29 is 28.2 Å². The van der Waals surface area contributed by atoms with Crippen molar-refractivity contribution in [1.29, 1.82) is 0 Å². The van der Waals surface area contributed by atoms with E-state index in [4.69, 9.17) is 10.2 Å². The van der Waals surface area contributed by atoms with Crippen molar-refractivity contribution in [2.45, 2.75) is 38.9 Å². The van der Waals surface area contributed by atoms with Crippen molar-refractivity contribution >= 4 is 5.97 Å². The van der Waals surface area contributed by atoms with E-state index in [9.17, 15) is 18.0 Å². The molecular weight excluding hydrogens is 251 g/mol. The molecule has 0 aromatic rings. The first-order valence-electron chi connectivity index (χ1n) is 5.92. The summed E-state index contributed by atoms with van der Waals surface area (Å²) >= 11 is 0. The van der Waals surface area contributed by atoms with Crippen LogP contribution in [0.25, 0.3) is 0 Å². The number of carboxylic acids is 1. The van der Waals surface area contributed by atoms with Crippen LogP contribution >= 0.6 is 0 Å². The number of rotatable bonds is 8. The molecule has 1 unspecified atom stereocenters. The molecule has 0 aliphatic rings. The molecule has 0 aliphatic carbocycles. The van der Waals surface area contributed by atoms with Crippen LogP contribution in [0.15, 0.2) is 0 Å². The van der Waals surface area contributed by atoms with E-state index in [1.54, 1.807) is 0 Å². The predicted molar refractivity (Wildman–Crippen MR) is 60.2 cm³/mol. The molecule has 4 nitrogen and oxygen atoms in total. The summed E-state index contributed by atoms with van der Waals surface area (Å²) < 4.78 is 37.7. The Balaban J connectivity index is 4.87. The maximum Gasteiger partial charge on any atom is 0.403 e. The van der Waals surface area contributed by atoms with Gasteiger partial charge in [0, 0.05) is 19.1 Å². The van der Waals surface area contributed by atoms with Crippen LogP contribution in [0.5, 0.6) is 0 Å². The Hall–Kier alpha value is -0.820. The molecule has 0 spiro atoms. The van der Waals surface area contributed by atoms with Crippen LogP contribution < -0.4 is 0 Å². The van der Waals surface area contributed by atoms with Gasteiger partial charge in [-0.2, -0.15) is 13.2 Å². The molecule has 0 saturated carbocycles. The topological polar surface area (TPSA) is 60.8 Å². The highest BCUT2D eigenvalue weighted by Gasteiger charge is 2.46. The van der Waals surface area contributed by atoms with Gasteiger partial charge in [0.2, 0.25) is 0 Å². The van der Waals surface area contributed by atoms with Gasteiger partial charge in [-0.25, -0.2) is 0 Å². The number of aliphatic hydroxyl groups is 1. The molecule has 0 bridgehead atoms. The van der Waals surface area contributed by atoms with Crippen molar-refractivity contribution in [3.8, 4) is 0 Å². The van der Waals surface area contributed by atoms with Crippen LogP contribution in [-0.4, -0.2) is 53.0 Å². The summed E-state index contributed by atoms with van der Waals surface area (Å²) in [6.07, 6.45) is -3.55. The second-order valence-corrected chi connectivity index (χ2v) is 4.12. The zero-order valence-corrected chi connectivity index (χ0v) is 10.6. The summed E-state index contributed by atoms with van der Waals surface area (Å²) in [6.45, 7) is 2.78. The summed E-state index contributed by atoms with van der Waals surface area (Å²) in [7, 11) is 0. The van der Waals surface area contributed by atoms with Crippen LogP contribution in [-0.2, 0) is 4.79 Å². The minimum absolute atomic E-state index is 0.0478. The molecule has 0 radical (unpaired) electrons. The van der Waals surface area contributed by atoms with Gasteiger partial charge in [-0.1, -0.05) is 13.8 Å². The van der Waals surface area contributed by atoms with Crippen LogP contribution in [0.4, 0.5) is 13.2 Å². The van der Waals surface area contributed by atoms with Crippen molar-refractivity contribution in [2.24, 2.45) is 5.92 Å². The summed E-state index contributed by atoms with van der Waals surface area (Å²) in [5.41, 5.74) is 0. The Labute approximate surface area is 104 Å². The Kier molecular flexibility index (Phi) is 7.23. The largest absolute Gasteiger partial charge is 0.481 e. The molecule has 7 heteroatoms. The third-order valence-electron chi connectivity index (χ3n) is 2.96. The lowest BCUT2D eigenvalue weighted by Crippen LogP contribution is -2.46. The molecular formula is C11H20F3NO3. The quantitative estimate of drug-likeness (QED) is 0.706. The number of halogens is 3. The fraction of sp³-hybridized carbons (Fsp3) is 0.909. The van der Waals surface area contributed by atoms with E-state index in [-0.39, 0.29) is 19.2 Å². The van der Waals surface area contributed by atoms with E-state index in [2.05, 4.69) is 0 Å². The minimum Gasteiger partial charge on any atom is -0.481 e. The van der Waals surface area contributed by atoms with Gasteiger partial charge in [0.25, 0.3) is 0 Å². The number of alkyl halides is 3. The number of aliphatic carboxylic acids is 1. The van der Waals surface area contributed by atoms with Crippen LogP contribution in [0, 0.1) is 5.92 Å². The predicted octanol–water partition coefficient (Wildman–Crippen LogP) is 1.73. The van der Waals surface area contributed by atoms with Gasteiger partial charge >= 0.3 is 12.1 Å². The monoisotopic (exact) mass is 271 g/mol. The lowest BCUT2D eigenvalue weighted by atomic mass is 10.1. The molecule has 0 aliphatic heterocycles. The lowest BCUT2D eigenvalue weighted by molar-refractivity contribution is -0.197. The SMILES string of the molecule is CCC(CC)N(CCO)CC(C(=O)O)C(F)(F)F.